The Labute approximate surface area is 185 Å². The van der Waals surface area contributed by atoms with Crippen LogP contribution in [0.4, 0.5) is 5.69 Å². The molecule has 0 aliphatic carbocycles. The highest BCUT2D eigenvalue weighted by molar-refractivity contribution is 7.99. The van der Waals surface area contributed by atoms with Crippen LogP contribution in [0, 0.1) is 11.3 Å². The summed E-state index contributed by atoms with van der Waals surface area (Å²) in [7, 11) is 1.56. The van der Waals surface area contributed by atoms with Crippen molar-refractivity contribution < 1.29 is 19.1 Å². The molecule has 1 unspecified atom stereocenters. The molecule has 0 aromatic heterocycles. The van der Waals surface area contributed by atoms with Crippen molar-refractivity contribution in [3.05, 3.63) is 59.7 Å². The standard InChI is InChI=1S/C23H23N3O4S/c1-3-30-20-10-6-16(12-21(20)29-2)7-11-22(27)26-15-31-14-19(26)23(28)25-18-8-4-17(13-24)5-9-18/h4-12,19H,3,14-15H2,1-2H3,(H,25,28)/b11-7+. The van der Waals surface area contributed by atoms with Gasteiger partial charge in [0, 0.05) is 17.5 Å². The highest BCUT2D eigenvalue weighted by atomic mass is 32.2. The smallest absolute Gasteiger partial charge is 0.248 e. The molecular weight excluding hydrogens is 414 g/mol. The molecule has 0 radical (unpaired) electrons. The zero-order valence-corrected chi connectivity index (χ0v) is 18.1. The summed E-state index contributed by atoms with van der Waals surface area (Å²) in [4.78, 5) is 27.0. The molecule has 2 amide bonds. The van der Waals surface area contributed by atoms with Crippen molar-refractivity contribution in [1.29, 1.82) is 5.26 Å². The molecule has 31 heavy (non-hydrogen) atoms. The van der Waals surface area contributed by atoms with Gasteiger partial charge in [0.2, 0.25) is 11.8 Å². The summed E-state index contributed by atoms with van der Waals surface area (Å²) in [5.74, 6) is 1.72. The Hall–Kier alpha value is -3.44. The van der Waals surface area contributed by atoms with Crippen LogP contribution in [0.1, 0.15) is 18.1 Å². The fraction of sp³-hybridized carbons (Fsp3) is 0.261. The lowest BCUT2D eigenvalue weighted by molar-refractivity contribution is -0.132. The highest BCUT2D eigenvalue weighted by Crippen LogP contribution is 2.29. The minimum absolute atomic E-state index is 0.238. The van der Waals surface area contributed by atoms with E-state index in [1.165, 1.54) is 17.8 Å². The number of rotatable bonds is 7. The zero-order chi connectivity index (χ0) is 22.2. The molecule has 1 N–H and O–H groups in total. The van der Waals surface area contributed by atoms with Crippen molar-refractivity contribution in [2.24, 2.45) is 0 Å². The fourth-order valence-corrected chi connectivity index (χ4v) is 4.22. The Morgan fingerprint density at radius 2 is 2.03 bits per heavy atom. The third-order valence-electron chi connectivity index (χ3n) is 4.66. The molecule has 1 heterocycles. The van der Waals surface area contributed by atoms with E-state index in [1.54, 1.807) is 54.5 Å². The van der Waals surface area contributed by atoms with Crippen molar-refractivity contribution in [3.8, 4) is 17.6 Å². The molecule has 0 saturated carbocycles. The maximum atomic E-state index is 12.7. The molecular formula is C23H23N3O4S. The quantitative estimate of drug-likeness (QED) is 0.667. The summed E-state index contributed by atoms with van der Waals surface area (Å²) < 4.78 is 10.8. The van der Waals surface area contributed by atoms with Crippen molar-refractivity contribution in [2.75, 3.05) is 30.7 Å². The first-order valence-electron chi connectivity index (χ1n) is 9.74. The van der Waals surface area contributed by atoms with E-state index in [2.05, 4.69) is 5.32 Å². The van der Waals surface area contributed by atoms with Gasteiger partial charge in [-0.15, -0.1) is 11.8 Å². The first kappa shape index (κ1) is 22.2. The number of carbonyl (C=O) groups excluding carboxylic acids is 2. The van der Waals surface area contributed by atoms with Crippen molar-refractivity contribution in [3.63, 3.8) is 0 Å². The van der Waals surface area contributed by atoms with Gasteiger partial charge in [-0.1, -0.05) is 6.07 Å². The lowest BCUT2D eigenvalue weighted by Gasteiger charge is -2.21. The van der Waals surface area contributed by atoms with Gasteiger partial charge in [-0.2, -0.15) is 5.26 Å². The van der Waals surface area contributed by atoms with Crippen LogP contribution in [0.3, 0.4) is 0 Å². The fourth-order valence-electron chi connectivity index (χ4n) is 3.06. The molecule has 3 rings (SSSR count). The molecule has 0 bridgehead atoms. The lowest BCUT2D eigenvalue weighted by Crippen LogP contribution is -2.43. The van der Waals surface area contributed by atoms with E-state index in [0.717, 1.165) is 5.56 Å². The van der Waals surface area contributed by atoms with Gasteiger partial charge >= 0.3 is 0 Å². The second kappa shape index (κ2) is 10.5. The predicted molar refractivity (Wildman–Crippen MR) is 121 cm³/mol. The lowest BCUT2D eigenvalue weighted by atomic mass is 10.1. The average molecular weight is 438 g/mol. The monoisotopic (exact) mass is 437 g/mol. The summed E-state index contributed by atoms with van der Waals surface area (Å²) in [5.41, 5.74) is 1.90. The van der Waals surface area contributed by atoms with Gasteiger partial charge < -0.3 is 19.7 Å². The molecule has 8 heteroatoms. The van der Waals surface area contributed by atoms with E-state index >= 15 is 0 Å². The summed E-state index contributed by atoms with van der Waals surface area (Å²) in [6.45, 7) is 2.43. The Morgan fingerprint density at radius 1 is 1.26 bits per heavy atom. The van der Waals surface area contributed by atoms with Crippen LogP contribution in [-0.4, -0.2) is 48.1 Å². The molecule has 2 aromatic rings. The third kappa shape index (κ3) is 5.58. The van der Waals surface area contributed by atoms with Crippen LogP contribution >= 0.6 is 11.8 Å². The van der Waals surface area contributed by atoms with Crippen molar-refractivity contribution >= 4 is 35.3 Å². The summed E-state index contributed by atoms with van der Waals surface area (Å²) in [6.07, 6.45) is 3.15. The molecule has 160 valence electrons. The van der Waals surface area contributed by atoms with Gasteiger partial charge in [-0.3, -0.25) is 9.59 Å². The summed E-state index contributed by atoms with van der Waals surface area (Å²) in [5, 5.41) is 11.7. The summed E-state index contributed by atoms with van der Waals surface area (Å²) in [6, 6.07) is 13.5. The number of hydrogen-bond acceptors (Lipinski definition) is 6. The number of methoxy groups -OCH3 is 1. The Balaban J connectivity index is 1.66. The van der Waals surface area contributed by atoms with Crippen LogP contribution in [0.25, 0.3) is 6.08 Å². The Kier molecular flexibility index (Phi) is 7.57. The molecule has 1 aliphatic rings. The van der Waals surface area contributed by atoms with Crippen LogP contribution in [0.5, 0.6) is 11.5 Å². The van der Waals surface area contributed by atoms with E-state index in [4.69, 9.17) is 14.7 Å². The second-order valence-corrected chi connectivity index (χ2v) is 7.68. The molecule has 1 fully saturated rings. The van der Waals surface area contributed by atoms with Crippen molar-refractivity contribution in [2.45, 2.75) is 13.0 Å². The number of benzene rings is 2. The van der Waals surface area contributed by atoms with E-state index in [9.17, 15) is 9.59 Å². The highest BCUT2D eigenvalue weighted by Gasteiger charge is 2.33. The largest absolute Gasteiger partial charge is 0.493 e. The molecule has 1 aliphatic heterocycles. The third-order valence-corrected chi connectivity index (χ3v) is 5.67. The predicted octanol–water partition coefficient (Wildman–Crippen LogP) is 3.52. The maximum Gasteiger partial charge on any atom is 0.248 e. The van der Waals surface area contributed by atoms with Gasteiger partial charge in [-0.25, -0.2) is 0 Å². The number of nitriles is 1. The number of amides is 2. The molecule has 1 atom stereocenters. The first-order chi connectivity index (χ1) is 15.0. The van der Waals surface area contributed by atoms with E-state index in [1.807, 2.05) is 19.1 Å². The minimum Gasteiger partial charge on any atom is -0.493 e. The zero-order valence-electron chi connectivity index (χ0n) is 17.3. The average Bonchev–Trinajstić information content (AvgIpc) is 3.29. The molecule has 0 spiro atoms. The van der Waals surface area contributed by atoms with Gasteiger partial charge in [0.25, 0.3) is 0 Å². The topological polar surface area (TPSA) is 91.7 Å². The normalized spacial score (nSPS) is 15.5. The van der Waals surface area contributed by atoms with Gasteiger partial charge in [-0.05, 0) is 55.0 Å². The van der Waals surface area contributed by atoms with E-state index < -0.39 is 6.04 Å². The van der Waals surface area contributed by atoms with E-state index in [0.29, 0.717) is 41.0 Å². The first-order valence-corrected chi connectivity index (χ1v) is 10.9. The number of hydrogen-bond donors (Lipinski definition) is 1. The van der Waals surface area contributed by atoms with Crippen LogP contribution < -0.4 is 14.8 Å². The van der Waals surface area contributed by atoms with Crippen LogP contribution in [-0.2, 0) is 9.59 Å². The second-order valence-electron chi connectivity index (χ2n) is 6.68. The molecule has 7 nitrogen and oxygen atoms in total. The molecule has 2 aromatic carbocycles. The number of ether oxygens (including phenoxy) is 2. The number of nitrogens with zero attached hydrogens (tertiary/aromatic N) is 2. The van der Waals surface area contributed by atoms with E-state index in [-0.39, 0.29) is 11.8 Å². The van der Waals surface area contributed by atoms with Gasteiger partial charge in [0.05, 0.1) is 31.2 Å². The number of anilines is 1. The summed E-state index contributed by atoms with van der Waals surface area (Å²) >= 11 is 1.53. The SMILES string of the molecule is CCOc1ccc(/C=C/C(=O)N2CSCC2C(=O)Nc2ccc(C#N)cc2)cc1OC. The van der Waals surface area contributed by atoms with Crippen LogP contribution in [0.2, 0.25) is 0 Å². The van der Waals surface area contributed by atoms with Gasteiger partial charge in [0.1, 0.15) is 6.04 Å². The maximum absolute atomic E-state index is 12.7. The Morgan fingerprint density at radius 3 is 2.71 bits per heavy atom. The minimum atomic E-state index is -0.562. The number of carbonyl (C=O) groups is 2. The Bertz CT molecular complexity index is 1010. The van der Waals surface area contributed by atoms with Crippen LogP contribution in [0.15, 0.2) is 48.5 Å². The van der Waals surface area contributed by atoms with Gasteiger partial charge in [0.15, 0.2) is 11.5 Å². The van der Waals surface area contributed by atoms with Crippen molar-refractivity contribution in [1.82, 2.24) is 4.90 Å². The molecule has 1 saturated heterocycles. The number of thioether (sulfide) groups is 1. The number of nitrogens with one attached hydrogen (secondary N) is 1.